The van der Waals surface area contributed by atoms with Gasteiger partial charge in [-0.15, -0.1) is 0 Å². The van der Waals surface area contributed by atoms with Crippen LogP contribution in [0.1, 0.15) is 32.1 Å². The Morgan fingerprint density at radius 2 is 2.36 bits per heavy atom. The quantitative estimate of drug-likeness (QED) is 0.893. The van der Waals surface area contributed by atoms with E-state index in [9.17, 15) is 5.11 Å². The van der Waals surface area contributed by atoms with E-state index in [1.807, 2.05) is 0 Å². The van der Waals surface area contributed by atoms with Gasteiger partial charge in [-0.25, -0.2) is 0 Å². The molecule has 1 N–H and O–H groups in total. The highest BCUT2D eigenvalue weighted by Gasteiger charge is 2.15. The normalized spacial score (nSPS) is 15.4. The van der Waals surface area contributed by atoms with Crippen LogP contribution in [0.5, 0.6) is 0 Å². The molecule has 14 heavy (non-hydrogen) atoms. The van der Waals surface area contributed by atoms with E-state index in [1.165, 1.54) is 0 Å². The molecular weight excluding hydrogens is 264 g/mol. The van der Waals surface area contributed by atoms with Crippen molar-refractivity contribution >= 4 is 27.7 Å². The fraction of sp³-hybridized carbons (Fsp3) is 0.600. The van der Waals surface area contributed by atoms with E-state index in [0.29, 0.717) is 16.8 Å². The Morgan fingerprint density at radius 1 is 1.64 bits per heavy atom. The lowest BCUT2D eigenvalue weighted by molar-refractivity contribution is 0.173. The van der Waals surface area contributed by atoms with Crippen molar-refractivity contribution in [2.75, 3.05) is 5.75 Å². The highest BCUT2D eigenvalue weighted by molar-refractivity contribution is 9.10. The summed E-state index contributed by atoms with van der Waals surface area (Å²) in [5, 5.41) is 10.4. The minimum Gasteiger partial charge on any atom is -0.465 e. The van der Waals surface area contributed by atoms with Crippen molar-refractivity contribution in [3.63, 3.8) is 0 Å². The molecular formula is C10H15BrO2S. The molecule has 1 aromatic rings. The van der Waals surface area contributed by atoms with Gasteiger partial charge in [0.05, 0.1) is 10.7 Å². The van der Waals surface area contributed by atoms with Crippen LogP contribution in [-0.2, 0) is 0 Å². The number of aliphatic hydroxyl groups excluding tert-OH is 1. The molecule has 1 heterocycles. The predicted octanol–water partition coefficient (Wildman–Crippen LogP) is 3.61. The first-order chi connectivity index (χ1) is 6.65. The molecule has 0 amide bonds. The fourth-order valence-corrected chi connectivity index (χ4v) is 2.36. The van der Waals surface area contributed by atoms with E-state index in [-0.39, 0.29) is 0 Å². The van der Waals surface area contributed by atoms with Crippen molar-refractivity contribution in [2.45, 2.75) is 31.6 Å². The third-order valence-electron chi connectivity index (χ3n) is 2.06. The summed E-state index contributed by atoms with van der Waals surface area (Å²) in [6, 6.07) is 1.80. The van der Waals surface area contributed by atoms with E-state index in [0.717, 1.165) is 10.9 Å². The Labute approximate surface area is 97.2 Å². The SMILES string of the molecule is CCC(C)SCC(O)c1occc1Br. The van der Waals surface area contributed by atoms with E-state index < -0.39 is 6.10 Å². The highest BCUT2D eigenvalue weighted by Crippen LogP contribution is 2.28. The molecule has 0 bridgehead atoms. The highest BCUT2D eigenvalue weighted by atomic mass is 79.9. The van der Waals surface area contributed by atoms with Gasteiger partial charge < -0.3 is 9.52 Å². The number of furan rings is 1. The van der Waals surface area contributed by atoms with Gasteiger partial charge in [-0.3, -0.25) is 0 Å². The van der Waals surface area contributed by atoms with E-state index in [4.69, 9.17) is 4.42 Å². The van der Waals surface area contributed by atoms with Crippen LogP contribution in [0.4, 0.5) is 0 Å². The zero-order valence-electron chi connectivity index (χ0n) is 8.37. The first kappa shape index (κ1) is 12.1. The van der Waals surface area contributed by atoms with Crippen molar-refractivity contribution in [3.05, 3.63) is 22.6 Å². The lowest BCUT2D eigenvalue weighted by Gasteiger charge is -2.11. The van der Waals surface area contributed by atoms with Crippen LogP contribution >= 0.6 is 27.7 Å². The second-order valence-corrected chi connectivity index (χ2v) is 5.53. The zero-order chi connectivity index (χ0) is 10.6. The molecule has 0 aliphatic carbocycles. The van der Waals surface area contributed by atoms with Crippen molar-refractivity contribution in [3.8, 4) is 0 Å². The molecule has 0 spiro atoms. The number of halogens is 1. The molecule has 0 radical (unpaired) electrons. The largest absolute Gasteiger partial charge is 0.465 e. The summed E-state index contributed by atoms with van der Waals surface area (Å²) in [4.78, 5) is 0. The van der Waals surface area contributed by atoms with Crippen LogP contribution in [0, 0.1) is 0 Å². The van der Waals surface area contributed by atoms with Crippen LogP contribution in [0.2, 0.25) is 0 Å². The zero-order valence-corrected chi connectivity index (χ0v) is 10.8. The van der Waals surface area contributed by atoms with Gasteiger partial charge in [0, 0.05) is 11.0 Å². The summed E-state index contributed by atoms with van der Waals surface area (Å²) in [6.07, 6.45) is 2.19. The molecule has 1 aromatic heterocycles. The van der Waals surface area contributed by atoms with Crippen LogP contribution in [0.3, 0.4) is 0 Å². The molecule has 2 nitrogen and oxygen atoms in total. The van der Waals surface area contributed by atoms with E-state index in [2.05, 4.69) is 29.8 Å². The molecule has 0 saturated heterocycles. The van der Waals surface area contributed by atoms with Gasteiger partial charge in [0.25, 0.3) is 0 Å². The maximum Gasteiger partial charge on any atom is 0.147 e. The molecule has 4 heteroatoms. The van der Waals surface area contributed by atoms with Crippen molar-refractivity contribution in [2.24, 2.45) is 0 Å². The number of rotatable bonds is 5. The second kappa shape index (κ2) is 5.83. The summed E-state index contributed by atoms with van der Waals surface area (Å²) in [6.45, 7) is 4.31. The summed E-state index contributed by atoms with van der Waals surface area (Å²) in [7, 11) is 0. The summed E-state index contributed by atoms with van der Waals surface area (Å²) in [5.74, 6) is 1.31. The third kappa shape index (κ3) is 3.33. The lowest BCUT2D eigenvalue weighted by Crippen LogP contribution is -2.04. The maximum atomic E-state index is 9.79. The van der Waals surface area contributed by atoms with Gasteiger partial charge >= 0.3 is 0 Å². The van der Waals surface area contributed by atoms with Gasteiger partial charge in [-0.05, 0) is 28.4 Å². The summed E-state index contributed by atoms with van der Waals surface area (Å²) < 4.78 is 6.02. The number of hydrogen-bond acceptors (Lipinski definition) is 3. The Morgan fingerprint density at radius 3 is 2.86 bits per heavy atom. The fourth-order valence-electron chi connectivity index (χ4n) is 0.992. The summed E-state index contributed by atoms with van der Waals surface area (Å²) in [5.41, 5.74) is 0. The van der Waals surface area contributed by atoms with Gasteiger partial charge in [0.2, 0.25) is 0 Å². The van der Waals surface area contributed by atoms with Crippen molar-refractivity contribution in [1.82, 2.24) is 0 Å². The smallest absolute Gasteiger partial charge is 0.147 e. The Bertz CT molecular complexity index is 275. The topological polar surface area (TPSA) is 33.4 Å². The Hall–Kier alpha value is 0.0700. The van der Waals surface area contributed by atoms with Crippen LogP contribution in [-0.4, -0.2) is 16.1 Å². The van der Waals surface area contributed by atoms with Crippen molar-refractivity contribution in [1.29, 1.82) is 0 Å². The molecule has 1 rings (SSSR count). The lowest BCUT2D eigenvalue weighted by atomic mass is 10.3. The average Bonchev–Trinajstić information content (AvgIpc) is 2.60. The molecule has 0 saturated carbocycles. The van der Waals surface area contributed by atoms with E-state index in [1.54, 1.807) is 24.1 Å². The average molecular weight is 279 g/mol. The number of aliphatic hydroxyl groups is 1. The second-order valence-electron chi connectivity index (χ2n) is 3.20. The van der Waals surface area contributed by atoms with Crippen LogP contribution in [0.25, 0.3) is 0 Å². The maximum absolute atomic E-state index is 9.79. The monoisotopic (exact) mass is 278 g/mol. The number of hydrogen-bond donors (Lipinski definition) is 1. The van der Waals surface area contributed by atoms with Gasteiger partial charge in [-0.2, -0.15) is 11.8 Å². The minimum atomic E-state index is -0.515. The minimum absolute atomic E-state index is 0.515. The van der Waals surface area contributed by atoms with Gasteiger partial charge in [0.15, 0.2) is 0 Å². The predicted molar refractivity (Wildman–Crippen MR) is 63.6 cm³/mol. The first-order valence-electron chi connectivity index (χ1n) is 4.67. The molecule has 0 aliphatic heterocycles. The molecule has 80 valence electrons. The third-order valence-corrected chi connectivity index (χ3v) is 4.13. The number of thioether (sulfide) groups is 1. The molecule has 0 aliphatic rings. The summed E-state index contributed by atoms with van der Waals surface area (Å²) >= 11 is 5.09. The molecule has 2 atom stereocenters. The first-order valence-corrected chi connectivity index (χ1v) is 6.51. The van der Waals surface area contributed by atoms with Crippen LogP contribution in [0.15, 0.2) is 21.2 Å². The standard InChI is InChI=1S/C10H15BrO2S/c1-3-7(2)14-6-9(12)10-8(11)4-5-13-10/h4-5,7,9,12H,3,6H2,1-2H3. The molecule has 0 fully saturated rings. The van der Waals surface area contributed by atoms with E-state index >= 15 is 0 Å². The Balaban J connectivity index is 2.43. The van der Waals surface area contributed by atoms with Crippen molar-refractivity contribution < 1.29 is 9.52 Å². The molecule has 0 aromatic carbocycles. The Kier molecular flexibility index (Phi) is 5.06. The molecule has 2 unspecified atom stereocenters. The van der Waals surface area contributed by atoms with Gasteiger partial charge in [-0.1, -0.05) is 13.8 Å². The van der Waals surface area contributed by atoms with Gasteiger partial charge in [0.1, 0.15) is 11.9 Å². The van der Waals surface area contributed by atoms with Crippen LogP contribution < -0.4 is 0 Å².